The first kappa shape index (κ1) is 11.0. The molecule has 0 saturated carbocycles. The molecular weight excluding hydrogens is 198 g/mol. The molecule has 1 aromatic rings. The number of hydrogen-bond acceptors (Lipinski definition) is 3. The lowest BCUT2D eigenvalue weighted by Crippen LogP contribution is -2.19. The number of rotatable bonds is 4. The quantitative estimate of drug-likeness (QED) is 0.835. The Labute approximate surface area is 96.7 Å². The number of para-hydroxylation sites is 1. The number of nitriles is 1. The molecule has 16 heavy (non-hydrogen) atoms. The summed E-state index contributed by atoms with van der Waals surface area (Å²) in [6.45, 7) is 2.80. The second-order valence-corrected chi connectivity index (χ2v) is 4.27. The summed E-state index contributed by atoms with van der Waals surface area (Å²) in [5, 5.41) is 12.0. The van der Waals surface area contributed by atoms with Gasteiger partial charge in [-0.25, -0.2) is 0 Å². The molecule has 0 atom stereocenters. The highest BCUT2D eigenvalue weighted by Gasteiger charge is 2.14. The van der Waals surface area contributed by atoms with Crippen LogP contribution < -0.4 is 5.32 Å². The largest absolute Gasteiger partial charge is 0.384 e. The zero-order valence-corrected chi connectivity index (χ0v) is 9.66. The van der Waals surface area contributed by atoms with Crippen LogP contribution in [0.15, 0.2) is 18.2 Å². The molecule has 0 bridgehead atoms. The molecule has 0 amide bonds. The van der Waals surface area contributed by atoms with E-state index in [0.29, 0.717) is 6.42 Å². The maximum absolute atomic E-state index is 8.55. The average molecular weight is 215 g/mol. The third kappa shape index (κ3) is 2.34. The number of hydrogen-bond donors (Lipinski definition) is 1. The van der Waals surface area contributed by atoms with Gasteiger partial charge in [0.1, 0.15) is 0 Å². The third-order valence-corrected chi connectivity index (χ3v) is 2.98. The Kier molecular flexibility index (Phi) is 3.43. The van der Waals surface area contributed by atoms with Crippen molar-refractivity contribution >= 4 is 5.69 Å². The van der Waals surface area contributed by atoms with Crippen LogP contribution in [0.25, 0.3) is 0 Å². The SMILES string of the molecule is CN(CCC#N)Cc1cccc2c1NCC2. The molecule has 3 heteroatoms. The summed E-state index contributed by atoms with van der Waals surface area (Å²) >= 11 is 0. The topological polar surface area (TPSA) is 39.1 Å². The normalized spacial score (nSPS) is 13.3. The van der Waals surface area contributed by atoms with Crippen LogP contribution in [-0.4, -0.2) is 25.0 Å². The molecule has 1 N–H and O–H groups in total. The van der Waals surface area contributed by atoms with E-state index in [-0.39, 0.29) is 0 Å². The van der Waals surface area contributed by atoms with E-state index in [1.165, 1.54) is 16.8 Å². The summed E-state index contributed by atoms with van der Waals surface area (Å²) in [6.07, 6.45) is 1.73. The first-order valence-electron chi connectivity index (χ1n) is 5.71. The van der Waals surface area contributed by atoms with Crippen LogP contribution in [0.2, 0.25) is 0 Å². The summed E-state index contributed by atoms with van der Waals surface area (Å²) in [6, 6.07) is 8.66. The fourth-order valence-electron chi connectivity index (χ4n) is 2.15. The molecule has 1 aliphatic heterocycles. The Hall–Kier alpha value is -1.53. The minimum Gasteiger partial charge on any atom is -0.384 e. The molecular formula is C13H17N3. The van der Waals surface area contributed by atoms with Crippen LogP contribution in [0, 0.1) is 11.3 Å². The predicted octanol–water partition coefficient (Wildman–Crippen LogP) is 2.00. The van der Waals surface area contributed by atoms with Crippen molar-refractivity contribution in [2.75, 3.05) is 25.5 Å². The summed E-state index contributed by atoms with van der Waals surface area (Å²) in [7, 11) is 2.06. The van der Waals surface area contributed by atoms with Crippen LogP contribution in [0.4, 0.5) is 5.69 Å². The van der Waals surface area contributed by atoms with Gasteiger partial charge in [-0.1, -0.05) is 18.2 Å². The summed E-state index contributed by atoms with van der Waals surface area (Å²) in [5.41, 5.74) is 4.08. The van der Waals surface area contributed by atoms with Gasteiger partial charge in [-0.05, 0) is 24.6 Å². The molecule has 84 valence electrons. The van der Waals surface area contributed by atoms with Crippen molar-refractivity contribution in [3.05, 3.63) is 29.3 Å². The Morgan fingerprint density at radius 3 is 3.19 bits per heavy atom. The fourth-order valence-corrected chi connectivity index (χ4v) is 2.15. The lowest BCUT2D eigenvalue weighted by molar-refractivity contribution is 0.335. The van der Waals surface area contributed by atoms with E-state index < -0.39 is 0 Å². The van der Waals surface area contributed by atoms with Crippen molar-refractivity contribution in [1.29, 1.82) is 5.26 Å². The molecule has 0 radical (unpaired) electrons. The van der Waals surface area contributed by atoms with E-state index in [1.807, 2.05) is 0 Å². The molecule has 0 aliphatic carbocycles. The number of nitrogens with one attached hydrogen (secondary N) is 1. The molecule has 0 aromatic heterocycles. The van der Waals surface area contributed by atoms with E-state index in [0.717, 1.165) is 26.1 Å². The van der Waals surface area contributed by atoms with Gasteiger partial charge in [0.15, 0.2) is 0 Å². The zero-order chi connectivity index (χ0) is 11.4. The maximum atomic E-state index is 8.55. The van der Waals surface area contributed by atoms with Crippen molar-refractivity contribution in [3.63, 3.8) is 0 Å². The van der Waals surface area contributed by atoms with Crippen molar-refractivity contribution in [2.45, 2.75) is 19.4 Å². The van der Waals surface area contributed by atoms with E-state index in [9.17, 15) is 0 Å². The van der Waals surface area contributed by atoms with E-state index in [1.54, 1.807) is 0 Å². The minimum atomic E-state index is 0.596. The molecule has 1 aliphatic rings. The standard InChI is InChI=1S/C13H17N3/c1-16(9-3-7-14)10-12-5-2-4-11-6-8-15-13(11)12/h2,4-5,15H,3,6,8-10H2,1H3. The number of anilines is 1. The Bertz CT molecular complexity index is 406. The molecule has 1 aromatic carbocycles. The molecule has 2 rings (SSSR count). The monoisotopic (exact) mass is 215 g/mol. The zero-order valence-electron chi connectivity index (χ0n) is 9.66. The van der Waals surface area contributed by atoms with Crippen LogP contribution in [-0.2, 0) is 13.0 Å². The number of benzene rings is 1. The third-order valence-electron chi connectivity index (χ3n) is 2.98. The Morgan fingerprint density at radius 1 is 1.50 bits per heavy atom. The van der Waals surface area contributed by atoms with E-state index in [2.05, 4.69) is 41.5 Å². The lowest BCUT2D eigenvalue weighted by Gasteiger charge is -2.17. The van der Waals surface area contributed by atoms with Gasteiger partial charge in [0.2, 0.25) is 0 Å². The summed E-state index contributed by atoms with van der Waals surface area (Å²) in [5.74, 6) is 0. The first-order chi connectivity index (χ1) is 7.81. The van der Waals surface area contributed by atoms with Gasteiger partial charge in [0.25, 0.3) is 0 Å². The van der Waals surface area contributed by atoms with Crippen LogP contribution >= 0.6 is 0 Å². The summed E-state index contributed by atoms with van der Waals surface area (Å²) < 4.78 is 0. The molecule has 1 heterocycles. The highest BCUT2D eigenvalue weighted by Crippen LogP contribution is 2.27. The highest BCUT2D eigenvalue weighted by molar-refractivity contribution is 5.61. The van der Waals surface area contributed by atoms with Crippen LogP contribution in [0.3, 0.4) is 0 Å². The predicted molar refractivity (Wildman–Crippen MR) is 65.2 cm³/mol. The Morgan fingerprint density at radius 2 is 2.38 bits per heavy atom. The second kappa shape index (κ2) is 5.00. The molecule has 0 unspecified atom stereocenters. The first-order valence-corrected chi connectivity index (χ1v) is 5.71. The molecule has 0 saturated heterocycles. The number of fused-ring (bicyclic) bond motifs is 1. The fraction of sp³-hybridized carbons (Fsp3) is 0.462. The highest BCUT2D eigenvalue weighted by atomic mass is 15.1. The van der Waals surface area contributed by atoms with Gasteiger partial charge < -0.3 is 10.2 Å². The average Bonchev–Trinajstić information content (AvgIpc) is 2.75. The van der Waals surface area contributed by atoms with Crippen LogP contribution in [0.1, 0.15) is 17.5 Å². The van der Waals surface area contributed by atoms with Gasteiger partial charge in [-0.15, -0.1) is 0 Å². The van der Waals surface area contributed by atoms with Gasteiger partial charge in [-0.2, -0.15) is 5.26 Å². The van der Waals surface area contributed by atoms with Crippen molar-refractivity contribution in [3.8, 4) is 6.07 Å². The minimum absolute atomic E-state index is 0.596. The van der Waals surface area contributed by atoms with Crippen LogP contribution in [0.5, 0.6) is 0 Å². The van der Waals surface area contributed by atoms with Crippen molar-refractivity contribution in [2.24, 2.45) is 0 Å². The van der Waals surface area contributed by atoms with Gasteiger partial charge in [-0.3, -0.25) is 0 Å². The Balaban J connectivity index is 2.05. The molecule has 3 nitrogen and oxygen atoms in total. The van der Waals surface area contributed by atoms with E-state index >= 15 is 0 Å². The van der Waals surface area contributed by atoms with Gasteiger partial charge in [0.05, 0.1) is 6.07 Å². The van der Waals surface area contributed by atoms with Gasteiger partial charge >= 0.3 is 0 Å². The van der Waals surface area contributed by atoms with Gasteiger partial charge in [0, 0.05) is 31.7 Å². The number of nitrogens with zero attached hydrogens (tertiary/aromatic N) is 2. The second-order valence-electron chi connectivity index (χ2n) is 4.27. The maximum Gasteiger partial charge on any atom is 0.0635 e. The van der Waals surface area contributed by atoms with Crippen molar-refractivity contribution < 1.29 is 0 Å². The molecule has 0 spiro atoms. The van der Waals surface area contributed by atoms with Crippen molar-refractivity contribution in [1.82, 2.24) is 4.90 Å². The lowest BCUT2D eigenvalue weighted by atomic mass is 10.1. The molecule has 0 fully saturated rings. The summed E-state index contributed by atoms with van der Waals surface area (Å²) in [4.78, 5) is 2.19. The van der Waals surface area contributed by atoms with E-state index in [4.69, 9.17) is 5.26 Å². The smallest absolute Gasteiger partial charge is 0.0635 e.